The van der Waals surface area contributed by atoms with Crippen LogP contribution in [0, 0.1) is 0 Å². The number of carbonyl (C=O) groups is 1. The average Bonchev–Trinajstić information content (AvgIpc) is 2.72. The first-order chi connectivity index (χ1) is 10.6. The van der Waals surface area contributed by atoms with E-state index in [4.69, 9.17) is 9.47 Å². The standard InChI is InChI=1S/C16H24N2O4/c1-17-7-4-8-18(10-9-17)15(16(19)20)13-11-12(21-2)5-6-14(13)22-3/h5-6,11,15H,4,7-10H2,1-3H3,(H,19,20). The molecule has 22 heavy (non-hydrogen) atoms. The molecule has 0 saturated carbocycles. The van der Waals surface area contributed by atoms with E-state index < -0.39 is 12.0 Å². The Morgan fingerprint density at radius 3 is 2.59 bits per heavy atom. The maximum Gasteiger partial charge on any atom is 0.325 e. The second kappa shape index (κ2) is 7.47. The van der Waals surface area contributed by atoms with E-state index in [1.54, 1.807) is 32.4 Å². The summed E-state index contributed by atoms with van der Waals surface area (Å²) in [5.41, 5.74) is 0.638. The van der Waals surface area contributed by atoms with Crippen molar-refractivity contribution in [3.05, 3.63) is 23.8 Å². The Bertz CT molecular complexity index is 521. The SMILES string of the molecule is COc1ccc(OC)c(C(C(=O)O)N2CCCN(C)CC2)c1. The number of nitrogens with zero attached hydrogens (tertiary/aromatic N) is 2. The summed E-state index contributed by atoms with van der Waals surface area (Å²) in [5.74, 6) is 0.343. The summed E-state index contributed by atoms with van der Waals surface area (Å²) < 4.78 is 10.6. The van der Waals surface area contributed by atoms with E-state index >= 15 is 0 Å². The molecular formula is C16H24N2O4. The fourth-order valence-electron chi connectivity index (χ4n) is 2.86. The van der Waals surface area contributed by atoms with Gasteiger partial charge in [-0.25, -0.2) is 0 Å². The molecule has 0 bridgehead atoms. The van der Waals surface area contributed by atoms with Crippen molar-refractivity contribution in [2.75, 3.05) is 47.4 Å². The number of rotatable bonds is 5. The molecule has 0 aromatic heterocycles. The van der Waals surface area contributed by atoms with E-state index in [-0.39, 0.29) is 0 Å². The second-order valence-corrected chi connectivity index (χ2v) is 5.54. The molecule has 1 N–H and O–H groups in total. The van der Waals surface area contributed by atoms with Crippen molar-refractivity contribution < 1.29 is 19.4 Å². The number of hydrogen-bond donors (Lipinski definition) is 1. The van der Waals surface area contributed by atoms with Gasteiger partial charge in [-0.1, -0.05) is 0 Å². The Kier molecular flexibility index (Phi) is 5.63. The van der Waals surface area contributed by atoms with E-state index in [2.05, 4.69) is 11.9 Å². The molecule has 1 saturated heterocycles. The zero-order valence-electron chi connectivity index (χ0n) is 13.4. The molecule has 1 aromatic rings. The van der Waals surface area contributed by atoms with Crippen molar-refractivity contribution in [2.24, 2.45) is 0 Å². The van der Waals surface area contributed by atoms with Crippen LogP contribution in [0.15, 0.2) is 18.2 Å². The first-order valence-corrected chi connectivity index (χ1v) is 7.44. The van der Waals surface area contributed by atoms with Crippen LogP contribution >= 0.6 is 0 Å². The number of hydrogen-bond acceptors (Lipinski definition) is 5. The number of carboxylic acids is 1. The minimum Gasteiger partial charge on any atom is -0.497 e. The van der Waals surface area contributed by atoms with Gasteiger partial charge in [0, 0.05) is 25.2 Å². The predicted molar refractivity (Wildman–Crippen MR) is 83.6 cm³/mol. The van der Waals surface area contributed by atoms with Crippen molar-refractivity contribution in [2.45, 2.75) is 12.5 Å². The molecule has 0 spiro atoms. The van der Waals surface area contributed by atoms with Crippen LogP contribution in [0.2, 0.25) is 0 Å². The van der Waals surface area contributed by atoms with Crippen molar-refractivity contribution in [3.63, 3.8) is 0 Å². The molecule has 1 aromatic carbocycles. The van der Waals surface area contributed by atoms with Crippen molar-refractivity contribution in [1.82, 2.24) is 9.80 Å². The van der Waals surface area contributed by atoms with Crippen molar-refractivity contribution in [1.29, 1.82) is 0 Å². The third-order valence-corrected chi connectivity index (χ3v) is 4.08. The number of carboxylic acid groups (broad SMARTS) is 1. The highest BCUT2D eigenvalue weighted by atomic mass is 16.5. The maximum absolute atomic E-state index is 11.9. The zero-order chi connectivity index (χ0) is 16.1. The largest absolute Gasteiger partial charge is 0.497 e. The van der Waals surface area contributed by atoms with Gasteiger partial charge in [-0.3, -0.25) is 9.69 Å². The summed E-state index contributed by atoms with van der Waals surface area (Å²) in [6.45, 7) is 3.31. The Labute approximate surface area is 131 Å². The zero-order valence-corrected chi connectivity index (χ0v) is 13.4. The number of ether oxygens (including phenoxy) is 2. The van der Waals surface area contributed by atoms with Gasteiger partial charge >= 0.3 is 5.97 Å². The lowest BCUT2D eigenvalue weighted by atomic mass is 10.0. The number of benzene rings is 1. The molecule has 122 valence electrons. The fourth-order valence-corrected chi connectivity index (χ4v) is 2.86. The van der Waals surface area contributed by atoms with Gasteiger partial charge in [0.15, 0.2) is 0 Å². The van der Waals surface area contributed by atoms with E-state index in [0.717, 1.165) is 26.1 Å². The average molecular weight is 308 g/mol. The van der Waals surface area contributed by atoms with Gasteiger partial charge in [-0.2, -0.15) is 0 Å². The molecule has 6 heteroatoms. The first kappa shape index (κ1) is 16.6. The summed E-state index contributed by atoms with van der Waals surface area (Å²) >= 11 is 0. The molecule has 1 aliphatic heterocycles. The highest BCUT2D eigenvalue weighted by molar-refractivity contribution is 5.77. The van der Waals surface area contributed by atoms with Gasteiger partial charge in [0.1, 0.15) is 17.5 Å². The van der Waals surface area contributed by atoms with Gasteiger partial charge < -0.3 is 19.5 Å². The Balaban J connectivity index is 2.36. The smallest absolute Gasteiger partial charge is 0.325 e. The van der Waals surface area contributed by atoms with Crippen molar-refractivity contribution in [3.8, 4) is 11.5 Å². The molecule has 0 radical (unpaired) electrons. The van der Waals surface area contributed by atoms with Gasteiger partial charge in [0.05, 0.1) is 14.2 Å². The van der Waals surface area contributed by atoms with Crippen molar-refractivity contribution >= 4 is 5.97 Å². The molecule has 1 aliphatic rings. The maximum atomic E-state index is 11.9. The molecular weight excluding hydrogens is 284 g/mol. The number of methoxy groups -OCH3 is 2. The lowest BCUT2D eigenvalue weighted by molar-refractivity contribution is -0.143. The van der Waals surface area contributed by atoms with Gasteiger partial charge in [-0.15, -0.1) is 0 Å². The van der Waals surface area contributed by atoms with Crippen LogP contribution in [0.4, 0.5) is 0 Å². The number of likely N-dealkylation sites (N-methyl/N-ethyl adjacent to an activating group) is 1. The molecule has 6 nitrogen and oxygen atoms in total. The van der Waals surface area contributed by atoms with Crippen LogP contribution in [0.5, 0.6) is 11.5 Å². The lowest BCUT2D eigenvalue weighted by Crippen LogP contribution is -2.37. The van der Waals surface area contributed by atoms with Crippen LogP contribution in [0.1, 0.15) is 18.0 Å². The molecule has 2 rings (SSSR count). The van der Waals surface area contributed by atoms with Crippen LogP contribution in [0.25, 0.3) is 0 Å². The van der Waals surface area contributed by atoms with Gasteiger partial charge in [-0.05, 0) is 38.2 Å². The normalized spacial score (nSPS) is 18.5. The Morgan fingerprint density at radius 1 is 1.18 bits per heavy atom. The minimum absolute atomic E-state index is 0.575. The summed E-state index contributed by atoms with van der Waals surface area (Å²) in [6.07, 6.45) is 0.951. The monoisotopic (exact) mass is 308 g/mol. The van der Waals surface area contributed by atoms with E-state index in [1.165, 1.54) is 0 Å². The van der Waals surface area contributed by atoms with E-state index in [1.807, 2.05) is 4.90 Å². The minimum atomic E-state index is -0.865. The summed E-state index contributed by atoms with van der Waals surface area (Å²) in [7, 11) is 5.19. The summed E-state index contributed by atoms with van der Waals surface area (Å²) in [4.78, 5) is 16.1. The lowest BCUT2D eigenvalue weighted by Gasteiger charge is -2.28. The molecule has 1 unspecified atom stereocenters. The fraction of sp³-hybridized carbons (Fsp3) is 0.562. The first-order valence-electron chi connectivity index (χ1n) is 7.44. The third kappa shape index (κ3) is 3.69. The topological polar surface area (TPSA) is 62.2 Å². The molecule has 1 atom stereocenters. The van der Waals surface area contributed by atoms with Gasteiger partial charge in [0.25, 0.3) is 0 Å². The van der Waals surface area contributed by atoms with Crippen LogP contribution in [0.3, 0.4) is 0 Å². The summed E-state index contributed by atoms with van der Waals surface area (Å²) in [6, 6.07) is 4.56. The molecule has 1 fully saturated rings. The Morgan fingerprint density at radius 2 is 1.95 bits per heavy atom. The highest BCUT2D eigenvalue weighted by Crippen LogP contribution is 2.33. The quantitative estimate of drug-likeness (QED) is 0.889. The second-order valence-electron chi connectivity index (χ2n) is 5.54. The molecule has 1 heterocycles. The predicted octanol–water partition coefficient (Wildman–Crippen LogP) is 1.47. The van der Waals surface area contributed by atoms with Crippen LogP contribution < -0.4 is 9.47 Å². The summed E-state index contributed by atoms with van der Waals surface area (Å²) in [5, 5.41) is 9.77. The molecule has 0 amide bonds. The van der Waals surface area contributed by atoms with Crippen LogP contribution in [-0.2, 0) is 4.79 Å². The highest BCUT2D eigenvalue weighted by Gasteiger charge is 2.31. The van der Waals surface area contributed by atoms with Gasteiger partial charge in [0.2, 0.25) is 0 Å². The number of aliphatic carboxylic acids is 1. The molecule has 0 aliphatic carbocycles. The Hall–Kier alpha value is -1.79. The van der Waals surface area contributed by atoms with E-state index in [9.17, 15) is 9.90 Å². The van der Waals surface area contributed by atoms with E-state index in [0.29, 0.717) is 23.6 Å². The van der Waals surface area contributed by atoms with Crippen LogP contribution in [-0.4, -0.2) is 68.3 Å². The third-order valence-electron chi connectivity index (χ3n) is 4.08.